The van der Waals surface area contributed by atoms with Gasteiger partial charge in [-0.3, -0.25) is 9.69 Å². The Balaban J connectivity index is 0.00000144. The fourth-order valence-electron chi connectivity index (χ4n) is 4.49. The van der Waals surface area contributed by atoms with E-state index in [0.29, 0.717) is 6.10 Å². The molecule has 1 atom stereocenters. The predicted molar refractivity (Wildman–Crippen MR) is 101 cm³/mol. The van der Waals surface area contributed by atoms with Gasteiger partial charge >= 0.3 is 0 Å². The number of nitrogens with zero attached hydrogens (tertiary/aromatic N) is 1. The van der Waals surface area contributed by atoms with Crippen LogP contribution in [0.3, 0.4) is 0 Å². The van der Waals surface area contributed by atoms with Gasteiger partial charge in [0.25, 0.3) is 0 Å². The van der Waals surface area contributed by atoms with Gasteiger partial charge in [0.2, 0.25) is 5.91 Å². The summed E-state index contributed by atoms with van der Waals surface area (Å²) in [6, 6.07) is 0.0395. The summed E-state index contributed by atoms with van der Waals surface area (Å²) >= 11 is 0. The highest BCUT2D eigenvalue weighted by molar-refractivity contribution is 5.85. The van der Waals surface area contributed by atoms with Crippen molar-refractivity contribution in [1.82, 2.24) is 15.5 Å². The molecule has 0 radical (unpaired) electrons. The SMILES string of the molecule is COC1CCN(C2(CNC(=O)C3CCCN3)CCCC2)CC1.Cl.Cl. The maximum Gasteiger partial charge on any atom is 0.237 e. The Hall–Kier alpha value is -0.0700. The number of rotatable bonds is 5. The zero-order valence-electron chi connectivity index (χ0n) is 14.7. The van der Waals surface area contributed by atoms with Crippen LogP contribution in [0, 0.1) is 0 Å². The summed E-state index contributed by atoms with van der Waals surface area (Å²) in [6.07, 6.45) is 9.81. The standard InChI is InChI=1S/C17H31N3O2.2ClH/c1-22-14-6-11-20(12-7-14)17(8-2-3-9-17)13-19-16(21)15-5-4-10-18-15;;/h14-15,18H,2-13H2,1H3,(H,19,21);2*1H. The number of piperidine rings is 1. The highest BCUT2D eigenvalue weighted by Gasteiger charge is 2.41. The van der Waals surface area contributed by atoms with Gasteiger partial charge in [-0.1, -0.05) is 12.8 Å². The molecule has 2 N–H and O–H groups in total. The van der Waals surface area contributed by atoms with Crippen LogP contribution in [0.25, 0.3) is 0 Å². The van der Waals surface area contributed by atoms with Crippen molar-refractivity contribution in [2.75, 3.05) is 33.3 Å². The van der Waals surface area contributed by atoms with Gasteiger partial charge in [-0.05, 0) is 45.1 Å². The molecule has 3 rings (SSSR count). The largest absolute Gasteiger partial charge is 0.381 e. The lowest BCUT2D eigenvalue weighted by molar-refractivity contribution is -0.123. The quantitative estimate of drug-likeness (QED) is 0.765. The van der Waals surface area contributed by atoms with E-state index in [0.717, 1.165) is 51.9 Å². The predicted octanol–water partition coefficient (Wildman–Crippen LogP) is 2.12. The molecule has 2 aliphatic heterocycles. The number of nitrogens with one attached hydrogen (secondary N) is 2. The third-order valence-corrected chi connectivity index (χ3v) is 5.95. The number of carbonyl (C=O) groups is 1. The minimum absolute atomic E-state index is 0. The lowest BCUT2D eigenvalue weighted by Crippen LogP contribution is -2.58. The molecule has 7 heteroatoms. The molecule has 1 aliphatic carbocycles. The second-order valence-electron chi connectivity index (χ2n) is 7.22. The molecular weight excluding hydrogens is 349 g/mol. The van der Waals surface area contributed by atoms with Crippen molar-refractivity contribution in [1.29, 1.82) is 0 Å². The zero-order valence-corrected chi connectivity index (χ0v) is 16.4. The molecule has 3 aliphatic rings. The van der Waals surface area contributed by atoms with Crippen LogP contribution >= 0.6 is 24.8 Å². The minimum atomic E-state index is 0. The summed E-state index contributed by atoms with van der Waals surface area (Å²) in [5.74, 6) is 0.204. The molecule has 2 heterocycles. The number of likely N-dealkylation sites (tertiary alicyclic amines) is 1. The Morgan fingerprint density at radius 2 is 1.83 bits per heavy atom. The molecule has 1 amide bonds. The van der Waals surface area contributed by atoms with Gasteiger partial charge in [0, 0.05) is 32.3 Å². The first kappa shape index (κ1) is 22.0. The maximum absolute atomic E-state index is 12.3. The van der Waals surface area contributed by atoms with Crippen LogP contribution < -0.4 is 10.6 Å². The summed E-state index contributed by atoms with van der Waals surface area (Å²) in [7, 11) is 1.82. The number of carbonyl (C=O) groups excluding carboxylic acids is 1. The van der Waals surface area contributed by atoms with Crippen LogP contribution in [0.2, 0.25) is 0 Å². The van der Waals surface area contributed by atoms with Gasteiger partial charge in [-0.25, -0.2) is 0 Å². The van der Waals surface area contributed by atoms with Gasteiger partial charge in [0.05, 0.1) is 12.1 Å². The number of ether oxygens (including phenoxy) is 1. The summed E-state index contributed by atoms with van der Waals surface area (Å²) in [6.45, 7) is 4.02. The van der Waals surface area contributed by atoms with Crippen molar-refractivity contribution in [3.05, 3.63) is 0 Å². The Morgan fingerprint density at radius 1 is 1.17 bits per heavy atom. The zero-order chi connectivity index (χ0) is 15.4. The second kappa shape index (κ2) is 10.2. The molecule has 0 aromatic heterocycles. The number of methoxy groups -OCH3 is 1. The van der Waals surface area contributed by atoms with Gasteiger partial charge in [-0.2, -0.15) is 0 Å². The molecule has 0 aromatic carbocycles. The highest BCUT2D eigenvalue weighted by atomic mass is 35.5. The summed E-state index contributed by atoms with van der Waals surface area (Å²) < 4.78 is 5.50. The molecule has 0 bridgehead atoms. The van der Waals surface area contributed by atoms with Crippen LogP contribution in [0.5, 0.6) is 0 Å². The highest BCUT2D eigenvalue weighted by Crippen LogP contribution is 2.36. The summed E-state index contributed by atoms with van der Waals surface area (Å²) in [5.41, 5.74) is 0.201. The molecule has 0 spiro atoms. The first-order valence-corrected chi connectivity index (χ1v) is 9.02. The summed E-state index contributed by atoms with van der Waals surface area (Å²) in [4.78, 5) is 15.0. The average Bonchev–Trinajstić information content (AvgIpc) is 3.25. The fourth-order valence-corrected chi connectivity index (χ4v) is 4.49. The molecular formula is C17H33Cl2N3O2. The van der Waals surface area contributed by atoms with Gasteiger partial charge in [0.1, 0.15) is 0 Å². The van der Waals surface area contributed by atoms with Crippen molar-refractivity contribution in [3.63, 3.8) is 0 Å². The maximum atomic E-state index is 12.3. The molecule has 1 unspecified atom stereocenters. The van der Waals surface area contributed by atoms with Crippen LogP contribution in [0.4, 0.5) is 0 Å². The van der Waals surface area contributed by atoms with E-state index in [2.05, 4.69) is 15.5 Å². The first-order chi connectivity index (χ1) is 10.7. The lowest BCUT2D eigenvalue weighted by Gasteiger charge is -2.45. The van der Waals surface area contributed by atoms with E-state index in [1.54, 1.807) is 0 Å². The van der Waals surface area contributed by atoms with Crippen molar-refractivity contribution < 1.29 is 9.53 Å². The van der Waals surface area contributed by atoms with Crippen molar-refractivity contribution in [2.45, 2.75) is 69.1 Å². The normalized spacial score (nSPS) is 27.3. The van der Waals surface area contributed by atoms with Crippen molar-refractivity contribution in [2.24, 2.45) is 0 Å². The Morgan fingerprint density at radius 3 is 2.38 bits per heavy atom. The topological polar surface area (TPSA) is 53.6 Å². The van der Waals surface area contributed by atoms with Gasteiger partial charge in [0.15, 0.2) is 0 Å². The Kier molecular flexibility index (Phi) is 9.31. The van der Waals surface area contributed by atoms with E-state index in [1.807, 2.05) is 7.11 Å². The molecule has 24 heavy (non-hydrogen) atoms. The average molecular weight is 382 g/mol. The third kappa shape index (κ3) is 4.98. The third-order valence-electron chi connectivity index (χ3n) is 5.95. The molecule has 3 fully saturated rings. The van der Waals surface area contributed by atoms with E-state index >= 15 is 0 Å². The van der Waals surface area contributed by atoms with E-state index in [1.165, 1.54) is 25.7 Å². The molecule has 1 saturated carbocycles. The van der Waals surface area contributed by atoms with E-state index in [4.69, 9.17) is 4.74 Å². The molecule has 5 nitrogen and oxygen atoms in total. The monoisotopic (exact) mass is 381 g/mol. The van der Waals surface area contributed by atoms with Crippen molar-refractivity contribution in [3.8, 4) is 0 Å². The molecule has 142 valence electrons. The Bertz CT molecular complexity index is 378. The molecule has 0 aromatic rings. The number of hydrogen-bond donors (Lipinski definition) is 2. The van der Waals surface area contributed by atoms with Crippen LogP contribution in [-0.2, 0) is 9.53 Å². The van der Waals surface area contributed by atoms with Crippen LogP contribution in [0.15, 0.2) is 0 Å². The number of hydrogen-bond acceptors (Lipinski definition) is 4. The fraction of sp³-hybridized carbons (Fsp3) is 0.941. The molecule has 2 saturated heterocycles. The summed E-state index contributed by atoms with van der Waals surface area (Å²) in [5, 5.41) is 6.55. The van der Waals surface area contributed by atoms with E-state index in [-0.39, 0.29) is 42.3 Å². The minimum Gasteiger partial charge on any atom is -0.381 e. The van der Waals surface area contributed by atoms with Gasteiger partial charge in [-0.15, -0.1) is 24.8 Å². The number of amides is 1. The van der Waals surface area contributed by atoms with Crippen molar-refractivity contribution >= 4 is 30.7 Å². The van der Waals surface area contributed by atoms with E-state index in [9.17, 15) is 4.79 Å². The second-order valence-corrected chi connectivity index (χ2v) is 7.22. The van der Waals surface area contributed by atoms with Crippen LogP contribution in [0.1, 0.15) is 51.4 Å². The van der Waals surface area contributed by atoms with Gasteiger partial charge < -0.3 is 15.4 Å². The van der Waals surface area contributed by atoms with Crippen LogP contribution in [-0.4, -0.2) is 61.8 Å². The first-order valence-electron chi connectivity index (χ1n) is 9.02. The van der Waals surface area contributed by atoms with E-state index < -0.39 is 0 Å². The number of halogens is 2. The Labute approximate surface area is 158 Å². The lowest BCUT2D eigenvalue weighted by atomic mass is 9.91. The smallest absolute Gasteiger partial charge is 0.237 e.